The maximum atomic E-state index is 11.8. The second-order valence-corrected chi connectivity index (χ2v) is 8.54. The van der Waals surface area contributed by atoms with Gasteiger partial charge in [0.15, 0.2) is 5.13 Å². The van der Waals surface area contributed by atoms with Crippen LogP contribution in [-0.2, 0) is 4.74 Å². The topological polar surface area (TPSA) is 51.2 Å². The molecule has 0 saturated heterocycles. The van der Waals surface area contributed by atoms with Crippen LogP contribution >= 0.6 is 74.6 Å². The van der Waals surface area contributed by atoms with E-state index in [4.69, 9.17) is 27.9 Å². The van der Waals surface area contributed by atoms with Crippen molar-refractivity contribution < 1.29 is 9.53 Å². The minimum atomic E-state index is -0.342. The van der Waals surface area contributed by atoms with Crippen molar-refractivity contribution in [1.29, 1.82) is 0 Å². The Bertz CT molecular complexity index is 930. The lowest BCUT2D eigenvalue weighted by atomic mass is 10.2. The van der Waals surface area contributed by atoms with Gasteiger partial charge >= 0.3 is 5.97 Å². The lowest BCUT2D eigenvalue weighted by Crippen LogP contribution is -1.96. The van der Waals surface area contributed by atoms with Crippen LogP contribution < -0.4 is 5.32 Å². The summed E-state index contributed by atoms with van der Waals surface area (Å²) in [7, 11) is 1.38. The molecule has 0 saturated carbocycles. The van der Waals surface area contributed by atoms with Crippen molar-refractivity contribution >= 4 is 91.4 Å². The molecular weight excluding hydrogens is 499 g/mol. The Labute approximate surface area is 183 Å². The summed E-state index contributed by atoms with van der Waals surface area (Å²) in [6.07, 6.45) is 1.97. The highest BCUT2D eigenvalue weighted by molar-refractivity contribution is 8.93. The van der Waals surface area contributed by atoms with E-state index in [2.05, 4.69) is 10.3 Å². The minimum Gasteiger partial charge on any atom is -0.465 e. The molecule has 0 aliphatic heterocycles. The molecule has 0 fully saturated rings. The molecular formula is C16H13BrCl2N2O2S3. The fourth-order valence-corrected chi connectivity index (χ4v) is 4.95. The van der Waals surface area contributed by atoms with Crippen LogP contribution in [0.1, 0.15) is 9.67 Å². The molecule has 3 rings (SSSR count). The van der Waals surface area contributed by atoms with Crippen molar-refractivity contribution in [3.8, 4) is 11.3 Å². The van der Waals surface area contributed by atoms with Crippen LogP contribution in [0.15, 0.2) is 33.9 Å². The number of thiophene rings is 1. The quantitative estimate of drug-likeness (QED) is 0.295. The SMILES string of the molecule is Br.COC(=O)c1cc(-c2csc(Nc3cccc(Cl)c3Cl)n2)c(SC)s1. The van der Waals surface area contributed by atoms with Crippen molar-refractivity contribution in [3.63, 3.8) is 0 Å². The number of halogens is 3. The van der Waals surface area contributed by atoms with Gasteiger partial charge in [-0.3, -0.25) is 0 Å². The van der Waals surface area contributed by atoms with Gasteiger partial charge in [-0.1, -0.05) is 29.3 Å². The fraction of sp³-hybridized carbons (Fsp3) is 0.125. The molecule has 1 N–H and O–H groups in total. The number of nitrogens with zero attached hydrogens (tertiary/aromatic N) is 1. The number of nitrogens with one attached hydrogen (secondary N) is 1. The van der Waals surface area contributed by atoms with E-state index in [9.17, 15) is 4.79 Å². The lowest BCUT2D eigenvalue weighted by Gasteiger charge is -2.05. The first-order valence-electron chi connectivity index (χ1n) is 6.96. The molecule has 4 nitrogen and oxygen atoms in total. The molecule has 2 heterocycles. The highest BCUT2D eigenvalue weighted by Crippen LogP contribution is 2.40. The lowest BCUT2D eigenvalue weighted by molar-refractivity contribution is 0.0606. The Balaban J connectivity index is 0.00000243. The molecule has 0 bridgehead atoms. The Morgan fingerprint density at radius 2 is 2.12 bits per heavy atom. The maximum Gasteiger partial charge on any atom is 0.348 e. The van der Waals surface area contributed by atoms with E-state index in [-0.39, 0.29) is 23.0 Å². The average molecular weight is 512 g/mol. The number of benzene rings is 1. The van der Waals surface area contributed by atoms with Gasteiger partial charge in [-0.2, -0.15) is 0 Å². The van der Waals surface area contributed by atoms with E-state index >= 15 is 0 Å². The summed E-state index contributed by atoms with van der Waals surface area (Å²) in [5.41, 5.74) is 2.40. The van der Waals surface area contributed by atoms with Gasteiger partial charge in [-0.15, -0.1) is 51.4 Å². The third-order valence-corrected chi connectivity index (χ3v) is 7.07. The number of hydrogen-bond donors (Lipinski definition) is 1. The number of esters is 1. The van der Waals surface area contributed by atoms with Gasteiger partial charge in [0.05, 0.1) is 32.7 Å². The third-order valence-electron chi connectivity index (χ3n) is 3.24. The molecule has 1 aromatic carbocycles. The predicted octanol–water partition coefficient (Wildman–Crippen LogP) is 7.01. The molecule has 0 radical (unpaired) electrons. The zero-order chi connectivity index (χ0) is 18.0. The van der Waals surface area contributed by atoms with Gasteiger partial charge in [0.1, 0.15) is 4.88 Å². The van der Waals surface area contributed by atoms with Gasteiger partial charge < -0.3 is 10.1 Å². The van der Waals surface area contributed by atoms with Crippen LogP contribution in [0.3, 0.4) is 0 Å². The molecule has 0 aliphatic carbocycles. The summed E-state index contributed by atoms with van der Waals surface area (Å²) in [4.78, 5) is 16.9. The van der Waals surface area contributed by atoms with Crippen LogP contribution in [0, 0.1) is 0 Å². The van der Waals surface area contributed by atoms with E-state index < -0.39 is 0 Å². The molecule has 0 amide bonds. The molecule has 3 aromatic rings. The Morgan fingerprint density at radius 1 is 1.35 bits per heavy atom. The summed E-state index contributed by atoms with van der Waals surface area (Å²) in [6, 6.07) is 7.20. The number of rotatable bonds is 5. The summed E-state index contributed by atoms with van der Waals surface area (Å²) in [5.74, 6) is -0.342. The van der Waals surface area contributed by atoms with Crippen molar-refractivity contribution in [1.82, 2.24) is 4.98 Å². The molecule has 0 unspecified atom stereocenters. The molecule has 0 spiro atoms. The highest BCUT2D eigenvalue weighted by Gasteiger charge is 2.18. The van der Waals surface area contributed by atoms with Gasteiger partial charge in [-0.25, -0.2) is 9.78 Å². The van der Waals surface area contributed by atoms with Crippen LogP contribution in [-0.4, -0.2) is 24.3 Å². The van der Waals surface area contributed by atoms with E-state index in [0.29, 0.717) is 25.7 Å². The molecule has 138 valence electrons. The Kier molecular flexibility index (Phi) is 7.81. The van der Waals surface area contributed by atoms with E-state index in [1.54, 1.807) is 17.8 Å². The largest absolute Gasteiger partial charge is 0.465 e. The molecule has 10 heteroatoms. The van der Waals surface area contributed by atoms with E-state index in [0.717, 1.165) is 15.5 Å². The number of carbonyl (C=O) groups excluding carboxylic acids is 1. The van der Waals surface area contributed by atoms with Crippen LogP contribution in [0.4, 0.5) is 10.8 Å². The zero-order valence-electron chi connectivity index (χ0n) is 13.5. The number of carbonyl (C=O) groups is 1. The molecule has 26 heavy (non-hydrogen) atoms. The minimum absolute atomic E-state index is 0. The molecule has 0 aliphatic rings. The van der Waals surface area contributed by atoms with Crippen molar-refractivity contribution in [2.24, 2.45) is 0 Å². The van der Waals surface area contributed by atoms with Crippen LogP contribution in [0.5, 0.6) is 0 Å². The third kappa shape index (κ3) is 4.55. The highest BCUT2D eigenvalue weighted by atomic mass is 79.9. The summed E-state index contributed by atoms with van der Waals surface area (Å²) in [5, 5.41) is 6.74. The number of methoxy groups -OCH3 is 1. The fourth-order valence-electron chi connectivity index (χ4n) is 2.08. The predicted molar refractivity (Wildman–Crippen MR) is 119 cm³/mol. The van der Waals surface area contributed by atoms with Gasteiger partial charge in [0.25, 0.3) is 0 Å². The number of ether oxygens (including phenoxy) is 1. The summed E-state index contributed by atoms with van der Waals surface area (Å²) in [6.45, 7) is 0. The first-order valence-corrected chi connectivity index (χ1v) is 10.6. The Hall–Kier alpha value is -0.770. The number of aromatic nitrogens is 1. The first-order chi connectivity index (χ1) is 12.0. The van der Waals surface area contributed by atoms with Crippen molar-refractivity contribution in [2.45, 2.75) is 4.21 Å². The second kappa shape index (κ2) is 9.43. The van der Waals surface area contributed by atoms with Gasteiger partial charge in [0.2, 0.25) is 0 Å². The number of thioether (sulfide) groups is 1. The molecule has 2 aromatic heterocycles. The summed E-state index contributed by atoms with van der Waals surface area (Å²) < 4.78 is 5.81. The smallest absolute Gasteiger partial charge is 0.348 e. The maximum absolute atomic E-state index is 11.8. The van der Waals surface area contributed by atoms with Crippen LogP contribution in [0.25, 0.3) is 11.3 Å². The van der Waals surface area contributed by atoms with E-state index in [1.165, 1.54) is 29.8 Å². The van der Waals surface area contributed by atoms with Gasteiger partial charge in [0, 0.05) is 10.9 Å². The Morgan fingerprint density at radius 3 is 2.81 bits per heavy atom. The van der Waals surface area contributed by atoms with Crippen molar-refractivity contribution in [2.75, 3.05) is 18.7 Å². The van der Waals surface area contributed by atoms with Crippen LogP contribution in [0.2, 0.25) is 10.0 Å². The molecule has 0 atom stereocenters. The second-order valence-electron chi connectivity index (χ2n) is 4.77. The first kappa shape index (κ1) is 21.5. The zero-order valence-corrected chi connectivity index (χ0v) is 19.2. The van der Waals surface area contributed by atoms with E-state index in [1.807, 2.05) is 29.8 Å². The number of thiazole rings is 1. The standard InChI is InChI=1S/C16H12Cl2N2O2S3.BrH/c1-22-14(21)12-6-8(15(23-2)25-12)11-7-24-16(20-11)19-10-5-3-4-9(17)13(10)18;/h3-7H,1-2H3,(H,19,20);1H. The average Bonchev–Trinajstić information content (AvgIpc) is 3.24. The summed E-state index contributed by atoms with van der Waals surface area (Å²) >= 11 is 16.7. The van der Waals surface area contributed by atoms with Gasteiger partial charge in [-0.05, 0) is 24.5 Å². The monoisotopic (exact) mass is 510 g/mol. The number of anilines is 2. The normalized spacial score (nSPS) is 10.3. The van der Waals surface area contributed by atoms with Crippen molar-refractivity contribution in [3.05, 3.63) is 44.6 Å². The number of hydrogen-bond acceptors (Lipinski definition) is 7.